The van der Waals surface area contributed by atoms with E-state index < -0.39 is 0 Å². The van der Waals surface area contributed by atoms with Crippen molar-refractivity contribution in [2.75, 3.05) is 24.4 Å². The molecule has 0 bridgehead atoms. The molecule has 0 radical (unpaired) electrons. The van der Waals surface area contributed by atoms with E-state index in [0.29, 0.717) is 39.8 Å². The number of ether oxygens (including phenoxy) is 2. The van der Waals surface area contributed by atoms with Crippen molar-refractivity contribution in [2.24, 2.45) is 0 Å². The van der Waals surface area contributed by atoms with Crippen molar-refractivity contribution in [1.29, 1.82) is 0 Å². The number of aromatic nitrogens is 2. The highest BCUT2D eigenvalue weighted by molar-refractivity contribution is 6.04. The summed E-state index contributed by atoms with van der Waals surface area (Å²) in [7, 11) is 1.55. The van der Waals surface area contributed by atoms with Crippen LogP contribution in [0.5, 0.6) is 17.2 Å². The SMILES string of the molecule is COc1cccc(NC(=O)COc2ccc(C(=O)Nc3cnc(-c4cccc(O)c4)nc3)cc2)c1. The first kappa shape index (κ1) is 23.2. The highest BCUT2D eigenvalue weighted by Gasteiger charge is 2.09. The predicted molar refractivity (Wildman–Crippen MR) is 131 cm³/mol. The fourth-order valence-corrected chi connectivity index (χ4v) is 3.14. The summed E-state index contributed by atoms with van der Waals surface area (Å²) in [5.41, 5.74) is 2.09. The van der Waals surface area contributed by atoms with E-state index in [9.17, 15) is 14.7 Å². The minimum atomic E-state index is -0.346. The van der Waals surface area contributed by atoms with Crippen LogP contribution in [-0.2, 0) is 4.79 Å². The summed E-state index contributed by atoms with van der Waals surface area (Å²) >= 11 is 0. The molecule has 1 aromatic heterocycles. The summed E-state index contributed by atoms with van der Waals surface area (Å²) in [6, 6.07) is 20.0. The second kappa shape index (κ2) is 10.8. The third-order valence-corrected chi connectivity index (χ3v) is 4.85. The van der Waals surface area contributed by atoms with Gasteiger partial charge >= 0.3 is 0 Å². The van der Waals surface area contributed by atoms with Gasteiger partial charge in [0.15, 0.2) is 12.4 Å². The summed E-state index contributed by atoms with van der Waals surface area (Å²) in [6.45, 7) is -0.189. The second-order valence-corrected chi connectivity index (χ2v) is 7.39. The number of nitrogens with zero attached hydrogens (tertiary/aromatic N) is 2. The van der Waals surface area contributed by atoms with Gasteiger partial charge in [-0.3, -0.25) is 9.59 Å². The van der Waals surface area contributed by atoms with E-state index in [0.717, 1.165) is 0 Å². The van der Waals surface area contributed by atoms with Crippen molar-refractivity contribution in [3.63, 3.8) is 0 Å². The van der Waals surface area contributed by atoms with Crippen molar-refractivity contribution in [2.45, 2.75) is 0 Å². The van der Waals surface area contributed by atoms with Crippen LogP contribution in [0.2, 0.25) is 0 Å². The second-order valence-electron chi connectivity index (χ2n) is 7.39. The number of carbonyl (C=O) groups is 2. The van der Waals surface area contributed by atoms with Crippen LogP contribution >= 0.6 is 0 Å². The molecule has 3 aromatic carbocycles. The Hall–Kier alpha value is -4.92. The summed E-state index contributed by atoms with van der Waals surface area (Å²) in [6.07, 6.45) is 2.98. The molecule has 35 heavy (non-hydrogen) atoms. The maximum atomic E-state index is 12.5. The van der Waals surface area contributed by atoms with Crippen LogP contribution in [0.15, 0.2) is 85.2 Å². The summed E-state index contributed by atoms with van der Waals surface area (Å²) in [4.78, 5) is 33.1. The lowest BCUT2D eigenvalue weighted by Crippen LogP contribution is -2.20. The molecule has 0 spiro atoms. The van der Waals surface area contributed by atoms with Crippen molar-refractivity contribution < 1.29 is 24.2 Å². The molecule has 0 fully saturated rings. The summed E-state index contributed by atoms with van der Waals surface area (Å²) in [5, 5.41) is 15.0. The van der Waals surface area contributed by atoms with Crippen molar-refractivity contribution >= 4 is 23.2 Å². The van der Waals surface area contributed by atoms with Gasteiger partial charge in [-0.1, -0.05) is 18.2 Å². The predicted octanol–water partition coefficient (Wildman–Crippen LogP) is 4.13. The zero-order valence-corrected chi connectivity index (χ0v) is 18.8. The van der Waals surface area contributed by atoms with Crippen LogP contribution in [0.4, 0.5) is 11.4 Å². The third kappa shape index (κ3) is 6.32. The van der Waals surface area contributed by atoms with Crippen LogP contribution in [0.1, 0.15) is 10.4 Å². The number of phenolic OH excluding ortho intramolecular Hbond substituents is 1. The zero-order chi connectivity index (χ0) is 24.6. The van der Waals surface area contributed by atoms with Crippen LogP contribution in [0.3, 0.4) is 0 Å². The Labute approximate surface area is 201 Å². The number of phenols is 1. The van der Waals surface area contributed by atoms with E-state index in [2.05, 4.69) is 20.6 Å². The topological polar surface area (TPSA) is 123 Å². The number of hydrogen-bond donors (Lipinski definition) is 3. The number of anilines is 2. The molecular formula is C26H22N4O5. The molecular weight excluding hydrogens is 448 g/mol. The van der Waals surface area contributed by atoms with Gasteiger partial charge < -0.3 is 25.2 Å². The molecule has 0 unspecified atom stereocenters. The standard InChI is InChI=1S/C26H22N4O5/c1-34-23-7-3-5-19(13-23)29-24(32)16-35-22-10-8-17(9-11-22)26(33)30-20-14-27-25(28-15-20)18-4-2-6-21(31)12-18/h2-15,31H,16H2,1H3,(H,29,32)(H,30,33). The van der Waals surface area contributed by atoms with E-state index in [1.807, 2.05) is 0 Å². The highest BCUT2D eigenvalue weighted by atomic mass is 16.5. The average Bonchev–Trinajstić information content (AvgIpc) is 2.88. The Bertz CT molecular complexity index is 1320. The van der Waals surface area contributed by atoms with Gasteiger partial charge in [0.1, 0.15) is 17.2 Å². The molecule has 0 aliphatic carbocycles. The first-order chi connectivity index (χ1) is 17.0. The number of nitrogens with one attached hydrogen (secondary N) is 2. The van der Waals surface area contributed by atoms with E-state index in [1.54, 1.807) is 79.9 Å². The molecule has 1 heterocycles. The van der Waals surface area contributed by atoms with Crippen LogP contribution in [0.25, 0.3) is 11.4 Å². The Balaban J connectivity index is 1.29. The molecule has 9 heteroatoms. The number of rotatable bonds is 8. The molecule has 176 valence electrons. The van der Waals surface area contributed by atoms with E-state index in [1.165, 1.54) is 12.4 Å². The fourth-order valence-electron chi connectivity index (χ4n) is 3.14. The summed E-state index contributed by atoms with van der Waals surface area (Å²) in [5.74, 6) is 0.956. The number of methoxy groups -OCH3 is 1. The van der Waals surface area contributed by atoms with Gasteiger partial charge in [-0.2, -0.15) is 0 Å². The van der Waals surface area contributed by atoms with E-state index >= 15 is 0 Å². The van der Waals surface area contributed by atoms with Gasteiger partial charge in [-0.15, -0.1) is 0 Å². The first-order valence-electron chi connectivity index (χ1n) is 10.6. The molecule has 3 N–H and O–H groups in total. The van der Waals surface area contributed by atoms with Crippen molar-refractivity contribution in [3.05, 3.63) is 90.8 Å². The number of carbonyl (C=O) groups excluding carboxylic acids is 2. The molecule has 9 nitrogen and oxygen atoms in total. The minimum Gasteiger partial charge on any atom is -0.508 e. The van der Waals surface area contributed by atoms with Gasteiger partial charge in [0, 0.05) is 22.9 Å². The molecule has 2 amide bonds. The normalized spacial score (nSPS) is 10.3. The van der Waals surface area contributed by atoms with Crippen molar-refractivity contribution in [1.82, 2.24) is 9.97 Å². The Morgan fingerprint density at radius 1 is 0.857 bits per heavy atom. The molecule has 4 aromatic rings. The van der Waals surface area contributed by atoms with E-state index in [-0.39, 0.29) is 24.2 Å². The average molecular weight is 470 g/mol. The van der Waals surface area contributed by atoms with Crippen molar-refractivity contribution in [3.8, 4) is 28.6 Å². The third-order valence-electron chi connectivity index (χ3n) is 4.85. The molecule has 0 aliphatic rings. The summed E-state index contributed by atoms with van der Waals surface area (Å²) < 4.78 is 10.6. The highest BCUT2D eigenvalue weighted by Crippen LogP contribution is 2.21. The molecule has 0 atom stereocenters. The zero-order valence-electron chi connectivity index (χ0n) is 18.8. The quantitative estimate of drug-likeness (QED) is 0.354. The Kier molecular flexibility index (Phi) is 7.17. The monoisotopic (exact) mass is 470 g/mol. The maximum absolute atomic E-state index is 12.5. The lowest BCUT2D eigenvalue weighted by atomic mass is 10.2. The fraction of sp³-hybridized carbons (Fsp3) is 0.0769. The number of hydrogen-bond acceptors (Lipinski definition) is 7. The Morgan fingerprint density at radius 3 is 2.31 bits per heavy atom. The van der Waals surface area contributed by atoms with Gasteiger partial charge in [-0.05, 0) is 48.5 Å². The lowest BCUT2D eigenvalue weighted by molar-refractivity contribution is -0.118. The van der Waals surface area contributed by atoms with Crippen LogP contribution in [-0.4, -0.2) is 40.6 Å². The molecule has 0 saturated carbocycles. The molecule has 0 saturated heterocycles. The van der Waals surface area contributed by atoms with Gasteiger partial charge in [0.2, 0.25) is 0 Å². The van der Waals surface area contributed by atoms with Gasteiger partial charge in [0.05, 0.1) is 25.2 Å². The minimum absolute atomic E-state index is 0.119. The first-order valence-corrected chi connectivity index (χ1v) is 10.6. The number of aromatic hydroxyl groups is 1. The number of benzene rings is 3. The smallest absolute Gasteiger partial charge is 0.262 e. The van der Waals surface area contributed by atoms with Gasteiger partial charge in [0.25, 0.3) is 11.8 Å². The largest absolute Gasteiger partial charge is 0.508 e. The molecule has 4 rings (SSSR count). The van der Waals surface area contributed by atoms with Crippen LogP contribution < -0.4 is 20.1 Å². The maximum Gasteiger partial charge on any atom is 0.262 e. The van der Waals surface area contributed by atoms with Crippen LogP contribution in [0, 0.1) is 0 Å². The Morgan fingerprint density at radius 2 is 1.60 bits per heavy atom. The molecule has 0 aliphatic heterocycles. The lowest BCUT2D eigenvalue weighted by Gasteiger charge is -2.09. The van der Waals surface area contributed by atoms with Gasteiger partial charge in [-0.25, -0.2) is 9.97 Å². The number of amides is 2. The van der Waals surface area contributed by atoms with E-state index in [4.69, 9.17) is 9.47 Å².